The van der Waals surface area contributed by atoms with Crippen molar-refractivity contribution in [2.24, 2.45) is 5.92 Å². The van der Waals surface area contributed by atoms with Crippen LogP contribution in [0.1, 0.15) is 27.7 Å². The highest BCUT2D eigenvalue weighted by atomic mass is 16.5. The van der Waals surface area contributed by atoms with Gasteiger partial charge in [-0.25, -0.2) is 4.79 Å². The zero-order chi connectivity index (χ0) is 14.3. The lowest BCUT2D eigenvalue weighted by Crippen LogP contribution is -2.39. The summed E-state index contributed by atoms with van der Waals surface area (Å²) in [5, 5.41) is 21.3. The zero-order valence-electron chi connectivity index (χ0n) is 11.0. The number of carbonyl (C=O) groups is 2. The second-order valence-electron chi connectivity index (χ2n) is 4.01. The van der Waals surface area contributed by atoms with Crippen molar-refractivity contribution in [2.45, 2.75) is 33.7 Å². The van der Waals surface area contributed by atoms with Crippen LogP contribution in [0.4, 0.5) is 0 Å². The van der Waals surface area contributed by atoms with E-state index in [-0.39, 0.29) is 18.4 Å². The molecule has 0 heterocycles. The van der Waals surface area contributed by atoms with Crippen molar-refractivity contribution in [3.63, 3.8) is 0 Å². The maximum absolute atomic E-state index is 11.5. The van der Waals surface area contributed by atoms with Crippen molar-refractivity contribution in [1.82, 2.24) is 5.32 Å². The number of esters is 1. The second kappa shape index (κ2) is 7.33. The van der Waals surface area contributed by atoms with Gasteiger partial charge in [-0.2, -0.15) is 5.26 Å². The van der Waals surface area contributed by atoms with Gasteiger partial charge in [0.1, 0.15) is 11.8 Å². The number of amides is 1. The molecule has 100 valence electrons. The van der Waals surface area contributed by atoms with Gasteiger partial charge in [-0.05, 0) is 12.8 Å². The van der Waals surface area contributed by atoms with E-state index in [1.54, 1.807) is 26.8 Å². The van der Waals surface area contributed by atoms with E-state index in [4.69, 9.17) is 5.26 Å². The van der Waals surface area contributed by atoms with Gasteiger partial charge in [-0.3, -0.25) is 4.79 Å². The number of ether oxygens (including phenoxy) is 1. The molecule has 0 rings (SSSR count). The number of nitrogens with zero attached hydrogens (tertiary/aromatic N) is 1. The highest BCUT2D eigenvalue weighted by Crippen LogP contribution is 2.15. The van der Waals surface area contributed by atoms with Crippen LogP contribution in [0.25, 0.3) is 0 Å². The molecule has 1 atom stereocenters. The molecule has 18 heavy (non-hydrogen) atoms. The first-order valence-electron chi connectivity index (χ1n) is 5.62. The molecule has 6 heteroatoms. The van der Waals surface area contributed by atoms with E-state index in [0.717, 1.165) is 0 Å². The van der Waals surface area contributed by atoms with Gasteiger partial charge < -0.3 is 15.2 Å². The fourth-order valence-electron chi connectivity index (χ4n) is 1.34. The predicted molar refractivity (Wildman–Crippen MR) is 64.3 cm³/mol. The summed E-state index contributed by atoms with van der Waals surface area (Å²) >= 11 is 0. The van der Waals surface area contributed by atoms with Crippen molar-refractivity contribution < 1.29 is 19.4 Å². The molecule has 0 aromatic carbocycles. The number of hydrogen-bond donors (Lipinski definition) is 2. The number of rotatable bonds is 5. The monoisotopic (exact) mass is 254 g/mol. The topological polar surface area (TPSA) is 99.4 Å². The van der Waals surface area contributed by atoms with Gasteiger partial charge >= 0.3 is 5.97 Å². The molecule has 6 nitrogen and oxygen atoms in total. The second-order valence-corrected chi connectivity index (χ2v) is 4.01. The van der Waals surface area contributed by atoms with Gasteiger partial charge in [0, 0.05) is 6.92 Å². The smallest absolute Gasteiger partial charge is 0.352 e. The Hall–Kier alpha value is -2.03. The third-order valence-corrected chi connectivity index (χ3v) is 2.17. The van der Waals surface area contributed by atoms with Crippen LogP contribution >= 0.6 is 0 Å². The number of hydrogen-bond acceptors (Lipinski definition) is 5. The van der Waals surface area contributed by atoms with Crippen molar-refractivity contribution in [3.8, 4) is 6.07 Å². The molecule has 0 fully saturated rings. The number of carbonyl (C=O) groups excluding carboxylic acids is 2. The molecule has 0 saturated heterocycles. The van der Waals surface area contributed by atoms with Gasteiger partial charge in [0.25, 0.3) is 0 Å². The Morgan fingerprint density at radius 2 is 2.00 bits per heavy atom. The summed E-state index contributed by atoms with van der Waals surface area (Å²) in [7, 11) is 0. The van der Waals surface area contributed by atoms with Crippen LogP contribution in [0.3, 0.4) is 0 Å². The first kappa shape index (κ1) is 16.0. The summed E-state index contributed by atoms with van der Waals surface area (Å²) < 4.78 is 4.66. The largest absolute Gasteiger partial charge is 0.508 e. The molecule has 0 bridgehead atoms. The first-order valence-corrected chi connectivity index (χ1v) is 5.62. The molecular formula is C12H18N2O4. The minimum atomic E-state index is -0.895. The highest BCUT2D eigenvalue weighted by Gasteiger charge is 2.26. The molecule has 1 unspecified atom stereocenters. The quantitative estimate of drug-likeness (QED) is 0.330. The Kier molecular flexibility index (Phi) is 6.50. The first-order chi connectivity index (χ1) is 8.34. The molecule has 1 amide bonds. The molecule has 0 aromatic rings. The predicted octanol–water partition coefficient (Wildman–Crippen LogP) is 1.05. The number of nitrogens with one attached hydrogen (secondary N) is 1. The van der Waals surface area contributed by atoms with Crippen LogP contribution in [0, 0.1) is 17.2 Å². The molecule has 0 saturated carbocycles. The molecule has 0 radical (unpaired) electrons. The normalized spacial score (nSPS) is 13.3. The maximum atomic E-state index is 11.5. The molecule has 0 spiro atoms. The lowest BCUT2D eigenvalue weighted by Gasteiger charge is -2.21. The molecule has 0 aliphatic rings. The zero-order valence-corrected chi connectivity index (χ0v) is 11.0. The summed E-state index contributed by atoms with van der Waals surface area (Å²) in [5.74, 6) is -1.90. The number of aliphatic hydroxyl groups excluding tert-OH is 1. The average Bonchev–Trinajstić information content (AvgIpc) is 2.26. The van der Waals surface area contributed by atoms with Crippen LogP contribution < -0.4 is 5.32 Å². The van der Waals surface area contributed by atoms with Crippen molar-refractivity contribution in [2.75, 3.05) is 6.61 Å². The maximum Gasteiger partial charge on any atom is 0.352 e. The van der Waals surface area contributed by atoms with Crippen LogP contribution in [0.15, 0.2) is 11.3 Å². The summed E-state index contributed by atoms with van der Waals surface area (Å²) in [6.45, 7) is 6.48. The minimum Gasteiger partial charge on any atom is -0.508 e. The Morgan fingerprint density at radius 3 is 2.33 bits per heavy atom. The number of aliphatic hydroxyl groups is 1. The van der Waals surface area contributed by atoms with Crippen LogP contribution in [-0.4, -0.2) is 29.6 Å². The van der Waals surface area contributed by atoms with Gasteiger partial charge in [-0.1, -0.05) is 13.8 Å². The third-order valence-electron chi connectivity index (χ3n) is 2.17. The van der Waals surface area contributed by atoms with E-state index in [1.165, 1.54) is 6.92 Å². The minimum absolute atomic E-state index is 0.101. The van der Waals surface area contributed by atoms with Crippen molar-refractivity contribution >= 4 is 11.9 Å². The van der Waals surface area contributed by atoms with E-state index in [2.05, 4.69) is 10.1 Å². The van der Waals surface area contributed by atoms with Crippen LogP contribution in [0.5, 0.6) is 0 Å². The summed E-state index contributed by atoms with van der Waals surface area (Å²) in [6.07, 6.45) is 0. The van der Waals surface area contributed by atoms with E-state index < -0.39 is 23.3 Å². The van der Waals surface area contributed by atoms with Crippen molar-refractivity contribution in [3.05, 3.63) is 11.3 Å². The van der Waals surface area contributed by atoms with Gasteiger partial charge in [-0.15, -0.1) is 0 Å². The summed E-state index contributed by atoms with van der Waals surface area (Å²) in [6, 6.07) is 0.809. The molecule has 0 aliphatic carbocycles. The van der Waals surface area contributed by atoms with Crippen LogP contribution in [-0.2, 0) is 14.3 Å². The van der Waals surface area contributed by atoms with E-state index >= 15 is 0 Å². The van der Waals surface area contributed by atoms with Gasteiger partial charge in [0.2, 0.25) is 5.91 Å². The van der Waals surface area contributed by atoms with Gasteiger partial charge in [0.15, 0.2) is 5.57 Å². The van der Waals surface area contributed by atoms with Gasteiger partial charge in [0.05, 0.1) is 12.6 Å². The number of nitriles is 1. The molecular weight excluding hydrogens is 236 g/mol. The Bertz CT molecular complexity index is 393. The Balaban J connectivity index is 5.34. The summed E-state index contributed by atoms with van der Waals surface area (Å²) in [4.78, 5) is 22.5. The summed E-state index contributed by atoms with van der Waals surface area (Å²) in [5.41, 5.74) is -0.482. The van der Waals surface area contributed by atoms with E-state index in [1.807, 2.05) is 0 Å². The standard InChI is InChI=1S/C12H18N2O4/c1-5-18-12(17)9(6-13)11(16)10(7(2)3)14-8(4)15/h7,10,16H,5H2,1-4H3,(H,14,15)/b11-9-. The fourth-order valence-corrected chi connectivity index (χ4v) is 1.34. The average molecular weight is 254 g/mol. The van der Waals surface area contributed by atoms with Crippen molar-refractivity contribution in [1.29, 1.82) is 5.26 Å². The molecule has 0 aliphatic heterocycles. The highest BCUT2D eigenvalue weighted by molar-refractivity contribution is 5.93. The fraction of sp³-hybridized carbons (Fsp3) is 0.583. The molecule has 2 N–H and O–H groups in total. The Morgan fingerprint density at radius 1 is 1.44 bits per heavy atom. The third kappa shape index (κ3) is 4.45. The SMILES string of the molecule is CCOC(=O)/C(C#N)=C(\O)C(NC(C)=O)C(C)C. The molecule has 0 aromatic heterocycles. The Labute approximate surface area is 106 Å². The lowest BCUT2D eigenvalue weighted by molar-refractivity contribution is -0.138. The lowest BCUT2D eigenvalue weighted by atomic mass is 9.99. The van der Waals surface area contributed by atoms with E-state index in [0.29, 0.717) is 0 Å². The van der Waals surface area contributed by atoms with Crippen LogP contribution in [0.2, 0.25) is 0 Å². The van der Waals surface area contributed by atoms with E-state index in [9.17, 15) is 14.7 Å².